The quantitative estimate of drug-likeness (QED) is 0.791. The first-order valence-electron chi connectivity index (χ1n) is 8.49. The van der Waals surface area contributed by atoms with Crippen molar-refractivity contribution >= 4 is 5.78 Å². The van der Waals surface area contributed by atoms with Crippen LogP contribution in [0.3, 0.4) is 0 Å². The second kappa shape index (κ2) is 6.86. The lowest BCUT2D eigenvalue weighted by molar-refractivity contribution is 0.0952. The number of rotatable bonds is 4. The number of fused-ring (bicyclic) bond motifs is 2. The van der Waals surface area contributed by atoms with Crippen molar-refractivity contribution in [3.05, 3.63) is 47.5 Å². The van der Waals surface area contributed by atoms with E-state index in [0.717, 1.165) is 0 Å². The minimum Gasteiger partial charge on any atom is -0.486 e. The van der Waals surface area contributed by atoms with Crippen LogP contribution in [0.15, 0.2) is 36.4 Å². The maximum absolute atomic E-state index is 12.8. The zero-order valence-electron chi connectivity index (χ0n) is 14.1. The molecule has 2 atom stereocenters. The lowest BCUT2D eigenvalue weighted by Gasteiger charge is -2.26. The lowest BCUT2D eigenvalue weighted by atomic mass is 10.0. The maximum atomic E-state index is 12.8. The van der Waals surface area contributed by atoms with E-state index in [-0.39, 0.29) is 18.0 Å². The second-order valence-electron chi connectivity index (χ2n) is 6.23. The fourth-order valence-corrected chi connectivity index (χ4v) is 2.91. The van der Waals surface area contributed by atoms with Crippen LogP contribution in [0.25, 0.3) is 0 Å². The Labute approximate surface area is 150 Å². The van der Waals surface area contributed by atoms with Crippen LogP contribution in [0.2, 0.25) is 0 Å². The number of ether oxygens (including phenoxy) is 4. The molecule has 7 nitrogen and oxygen atoms in total. The third kappa shape index (κ3) is 3.07. The summed E-state index contributed by atoms with van der Waals surface area (Å²) in [5, 5.41) is 0. The standard InChI is InChI=1S/C19H20N2O5/c20-7-13-9-23-17-5-11(1-3-15(17)25-13)19(22)12-2-4-16-18(6-12)24-10-14(8-21)26-16/h1-6,13-14H,7-10,20-21H2. The highest BCUT2D eigenvalue weighted by atomic mass is 16.6. The molecule has 2 unspecified atom stereocenters. The number of benzene rings is 2. The van der Waals surface area contributed by atoms with Crippen LogP contribution in [-0.4, -0.2) is 44.3 Å². The summed E-state index contributed by atoms with van der Waals surface area (Å²) in [4.78, 5) is 12.8. The van der Waals surface area contributed by atoms with Gasteiger partial charge in [0.25, 0.3) is 0 Å². The number of ketones is 1. The van der Waals surface area contributed by atoms with Crippen molar-refractivity contribution in [3.8, 4) is 23.0 Å². The van der Waals surface area contributed by atoms with Crippen molar-refractivity contribution < 1.29 is 23.7 Å². The molecule has 2 aromatic rings. The Morgan fingerprint density at radius 3 is 1.69 bits per heavy atom. The summed E-state index contributed by atoms with van der Waals surface area (Å²) in [7, 11) is 0. The topological polar surface area (TPSA) is 106 Å². The molecule has 0 amide bonds. The van der Waals surface area contributed by atoms with E-state index in [1.807, 2.05) is 0 Å². The minimum atomic E-state index is -0.167. The Morgan fingerprint density at radius 1 is 0.808 bits per heavy atom. The van der Waals surface area contributed by atoms with Gasteiger partial charge in [-0.3, -0.25) is 4.79 Å². The van der Waals surface area contributed by atoms with Gasteiger partial charge in [-0.1, -0.05) is 0 Å². The molecule has 7 heteroatoms. The SMILES string of the molecule is NCC1COc2cc(C(=O)c3ccc4c(c3)OCC(CN)O4)ccc2O1. The number of carbonyl (C=O) groups is 1. The average Bonchev–Trinajstić information content (AvgIpc) is 2.71. The monoisotopic (exact) mass is 356 g/mol. The molecule has 0 aliphatic carbocycles. The first kappa shape index (κ1) is 16.7. The summed E-state index contributed by atoms with van der Waals surface area (Å²) in [5.74, 6) is 2.15. The minimum absolute atomic E-state index is 0.135. The first-order valence-corrected chi connectivity index (χ1v) is 8.49. The van der Waals surface area contributed by atoms with E-state index in [4.69, 9.17) is 30.4 Å². The highest BCUT2D eigenvalue weighted by molar-refractivity contribution is 6.09. The average molecular weight is 356 g/mol. The Hall–Kier alpha value is -2.77. The van der Waals surface area contributed by atoms with Crippen molar-refractivity contribution in [1.29, 1.82) is 0 Å². The van der Waals surface area contributed by atoms with E-state index in [9.17, 15) is 4.79 Å². The highest BCUT2D eigenvalue weighted by Crippen LogP contribution is 2.35. The molecular formula is C19H20N2O5. The van der Waals surface area contributed by atoms with E-state index >= 15 is 0 Å². The fourth-order valence-electron chi connectivity index (χ4n) is 2.91. The molecule has 136 valence electrons. The molecule has 0 aromatic heterocycles. The van der Waals surface area contributed by atoms with Crippen LogP contribution < -0.4 is 30.4 Å². The van der Waals surface area contributed by atoms with Gasteiger partial charge in [-0.05, 0) is 36.4 Å². The summed E-state index contributed by atoms with van der Waals surface area (Å²) in [6.07, 6.45) is -0.335. The van der Waals surface area contributed by atoms with Crippen molar-refractivity contribution in [2.75, 3.05) is 26.3 Å². The van der Waals surface area contributed by atoms with E-state index in [2.05, 4.69) is 0 Å². The van der Waals surface area contributed by atoms with Gasteiger partial charge < -0.3 is 30.4 Å². The van der Waals surface area contributed by atoms with Crippen LogP contribution in [0.4, 0.5) is 0 Å². The van der Waals surface area contributed by atoms with Crippen molar-refractivity contribution in [1.82, 2.24) is 0 Å². The smallest absolute Gasteiger partial charge is 0.193 e. The van der Waals surface area contributed by atoms with Crippen LogP contribution >= 0.6 is 0 Å². The van der Waals surface area contributed by atoms with Crippen LogP contribution in [0.5, 0.6) is 23.0 Å². The molecule has 2 aliphatic heterocycles. The van der Waals surface area contributed by atoms with Gasteiger partial charge in [-0.15, -0.1) is 0 Å². The largest absolute Gasteiger partial charge is 0.486 e. The van der Waals surface area contributed by atoms with Gasteiger partial charge >= 0.3 is 0 Å². The fraction of sp³-hybridized carbons (Fsp3) is 0.316. The summed E-state index contributed by atoms with van der Waals surface area (Å²) >= 11 is 0. The highest BCUT2D eigenvalue weighted by Gasteiger charge is 2.24. The Kier molecular flexibility index (Phi) is 4.40. The van der Waals surface area contributed by atoms with Crippen LogP contribution in [0.1, 0.15) is 15.9 Å². The summed E-state index contributed by atoms with van der Waals surface area (Å²) in [6.45, 7) is 1.49. The molecule has 2 aromatic carbocycles. The van der Waals surface area contributed by atoms with Gasteiger partial charge in [0, 0.05) is 24.2 Å². The molecule has 0 spiro atoms. The van der Waals surface area contributed by atoms with Crippen molar-refractivity contribution in [2.45, 2.75) is 12.2 Å². The number of nitrogens with two attached hydrogens (primary N) is 2. The third-order valence-electron chi connectivity index (χ3n) is 4.37. The van der Waals surface area contributed by atoms with Gasteiger partial charge in [0.05, 0.1) is 0 Å². The zero-order chi connectivity index (χ0) is 18.1. The molecule has 0 saturated carbocycles. The molecule has 4 N–H and O–H groups in total. The number of hydrogen-bond acceptors (Lipinski definition) is 7. The Balaban J connectivity index is 1.57. The van der Waals surface area contributed by atoms with Crippen LogP contribution in [0, 0.1) is 0 Å². The number of carbonyl (C=O) groups excluding carboxylic acids is 1. The van der Waals surface area contributed by atoms with Gasteiger partial charge in [-0.2, -0.15) is 0 Å². The van der Waals surface area contributed by atoms with E-state index in [0.29, 0.717) is 60.4 Å². The van der Waals surface area contributed by atoms with Crippen LogP contribution in [-0.2, 0) is 0 Å². The molecule has 0 saturated heterocycles. The summed E-state index contributed by atoms with van der Waals surface area (Å²) in [5.41, 5.74) is 12.2. The zero-order valence-corrected chi connectivity index (χ0v) is 14.1. The summed E-state index contributed by atoms with van der Waals surface area (Å²) < 4.78 is 22.7. The molecule has 26 heavy (non-hydrogen) atoms. The van der Waals surface area contributed by atoms with Gasteiger partial charge in [0.2, 0.25) is 0 Å². The molecule has 0 bridgehead atoms. The molecular weight excluding hydrogens is 336 g/mol. The Morgan fingerprint density at radius 2 is 1.27 bits per heavy atom. The maximum Gasteiger partial charge on any atom is 0.193 e. The predicted octanol–water partition coefficient (Wildman–Crippen LogP) is 1.11. The van der Waals surface area contributed by atoms with E-state index in [1.54, 1.807) is 36.4 Å². The van der Waals surface area contributed by atoms with E-state index < -0.39 is 0 Å². The molecule has 2 heterocycles. The second-order valence-corrected chi connectivity index (χ2v) is 6.23. The Bertz CT molecular complexity index is 771. The van der Waals surface area contributed by atoms with Crippen molar-refractivity contribution in [3.63, 3.8) is 0 Å². The molecule has 2 aliphatic rings. The van der Waals surface area contributed by atoms with Gasteiger partial charge in [0.1, 0.15) is 25.4 Å². The first-order chi connectivity index (χ1) is 12.7. The van der Waals surface area contributed by atoms with E-state index in [1.165, 1.54) is 0 Å². The van der Waals surface area contributed by atoms with Crippen molar-refractivity contribution in [2.24, 2.45) is 11.5 Å². The van der Waals surface area contributed by atoms with Gasteiger partial charge in [0.15, 0.2) is 28.8 Å². The molecule has 0 radical (unpaired) electrons. The third-order valence-corrected chi connectivity index (χ3v) is 4.37. The lowest BCUT2D eigenvalue weighted by Crippen LogP contribution is -2.35. The molecule has 0 fully saturated rings. The number of hydrogen-bond donors (Lipinski definition) is 2. The van der Waals surface area contributed by atoms with Gasteiger partial charge in [-0.25, -0.2) is 0 Å². The summed E-state index contributed by atoms with van der Waals surface area (Å²) in [6, 6.07) is 10.3. The normalized spacial score (nSPS) is 20.5. The predicted molar refractivity (Wildman–Crippen MR) is 94.2 cm³/mol. The molecule has 4 rings (SSSR count).